The van der Waals surface area contributed by atoms with E-state index in [1.54, 1.807) is 12.1 Å². The van der Waals surface area contributed by atoms with E-state index in [-0.39, 0.29) is 16.4 Å². The summed E-state index contributed by atoms with van der Waals surface area (Å²) in [6.45, 7) is -1.28. The van der Waals surface area contributed by atoms with E-state index >= 15 is 0 Å². The molecule has 0 bridgehead atoms. The van der Waals surface area contributed by atoms with Gasteiger partial charge in [0.2, 0.25) is 5.95 Å². The maximum atomic E-state index is 12.6. The number of aromatic amines is 1. The van der Waals surface area contributed by atoms with Gasteiger partial charge in [-0.05, 0) is 30.5 Å². The molecule has 1 fully saturated rings. The fraction of sp³-hybridized carbons (Fsp3) is 0.240. The summed E-state index contributed by atoms with van der Waals surface area (Å²) in [6.07, 6.45) is 2.71. The van der Waals surface area contributed by atoms with Crippen LogP contribution in [0.1, 0.15) is 33.0 Å². The summed E-state index contributed by atoms with van der Waals surface area (Å²) in [7, 11) is 0. The molecule has 3 aromatic heterocycles. The topological polar surface area (TPSA) is 145 Å². The molecule has 11 heteroatoms. The second kappa shape index (κ2) is 8.28. The molecule has 6 rings (SSSR count). The Kier molecular flexibility index (Phi) is 4.42. The standard InChI is InChI=1S/C25H24ClN9O/c1-34-13-16-17(33-34)8-7-15(19(16)26)20-18-21(22(27)36)29-24(30-23(18)32-31-20)35-11-9-25(28,10-12-35)14-5-3-2-4-6-14/h2-8,13H,9-12,28H2,1H3,(H2,27,36)(H,29,30,31,32)/i1D3. The first-order valence-electron chi connectivity index (χ1n) is 12.9. The van der Waals surface area contributed by atoms with Crippen LogP contribution >= 0.6 is 11.6 Å². The monoisotopic (exact) mass is 504 g/mol. The van der Waals surface area contributed by atoms with Crippen molar-refractivity contribution in [3.05, 3.63) is 64.9 Å². The number of carbonyl (C=O) groups excluding carboxylic acids is 1. The van der Waals surface area contributed by atoms with E-state index in [4.69, 9.17) is 27.2 Å². The number of anilines is 1. The zero-order chi connectivity index (χ0) is 27.5. The van der Waals surface area contributed by atoms with Crippen LogP contribution in [0.15, 0.2) is 48.7 Å². The van der Waals surface area contributed by atoms with E-state index in [9.17, 15) is 4.79 Å². The lowest BCUT2D eigenvalue weighted by Gasteiger charge is -2.39. The summed E-state index contributed by atoms with van der Waals surface area (Å²) >= 11 is 6.70. The van der Waals surface area contributed by atoms with E-state index in [2.05, 4.69) is 25.3 Å². The Morgan fingerprint density at radius 1 is 1.17 bits per heavy atom. The number of H-pyrrole nitrogens is 1. The quantitative estimate of drug-likeness (QED) is 0.341. The van der Waals surface area contributed by atoms with E-state index in [1.807, 2.05) is 35.2 Å². The molecule has 182 valence electrons. The van der Waals surface area contributed by atoms with Crippen LogP contribution in [0.4, 0.5) is 5.95 Å². The molecule has 4 heterocycles. The molecule has 0 saturated carbocycles. The van der Waals surface area contributed by atoms with Crippen LogP contribution in [0.2, 0.25) is 5.02 Å². The molecule has 5 aromatic rings. The molecular weight excluding hydrogens is 478 g/mol. The van der Waals surface area contributed by atoms with E-state index in [0.717, 1.165) is 10.2 Å². The average molecular weight is 505 g/mol. The van der Waals surface area contributed by atoms with E-state index in [0.29, 0.717) is 59.4 Å². The van der Waals surface area contributed by atoms with Crippen LogP contribution in [0.3, 0.4) is 0 Å². The third-order valence-electron chi connectivity index (χ3n) is 6.82. The van der Waals surface area contributed by atoms with Crippen LogP contribution < -0.4 is 16.4 Å². The van der Waals surface area contributed by atoms with Gasteiger partial charge in [-0.25, -0.2) is 4.98 Å². The summed E-state index contributed by atoms with van der Waals surface area (Å²) in [5.74, 6) is -0.404. The van der Waals surface area contributed by atoms with Crippen molar-refractivity contribution in [2.45, 2.75) is 18.4 Å². The lowest BCUT2D eigenvalue weighted by atomic mass is 9.82. The lowest BCUT2D eigenvalue weighted by Crippen LogP contribution is -2.48. The molecule has 1 aliphatic rings. The van der Waals surface area contributed by atoms with Crippen molar-refractivity contribution in [2.24, 2.45) is 18.4 Å². The molecule has 1 saturated heterocycles. The normalized spacial score (nSPS) is 17.2. The third-order valence-corrected chi connectivity index (χ3v) is 7.22. The van der Waals surface area contributed by atoms with Gasteiger partial charge < -0.3 is 16.4 Å². The van der Waals surface area contributed by atoms with Gasteiger partial charge in [0.1, 0.15) is 5.69 Å². The first-order chi connectivity index (χ1) is 18.5. The van der Waals surface area contributed by atoms with Crippen LogP contribution in [0.5, 0.6) is 0 Å². The largest absolute Gasteiger partial charge is 0.364 e. The number of aryl methyl sites for hydroxylation is 1. The lowest BCUT2D eigenvalue weighted by molar-refractivity contribution is 0.0997. The highest BCUT2D eigenvalue weighted by molar-refractivity contribution is 6.38. The van der Waals surface area contributed by atoms with Gasteiger partial charge in [0, 0.05) is 46.9 Å². The maximum absolute atomic E-state index is 12.6. The molecule has 0 atom stereocenters. The Morgan fingerprint density at radius 3 is 2.67 bits per heavy atom. The van der Waals surface area contributed by atoms with Gasteiger partial charge in [-0.1, -0.05) is 41.9 Å². The van der Waals surface area contributed by atoms with Crippen LogP contribution in [0, 0.1) is 0 Å². The third kappa shape index (κ3) is 3.57. The van der Waals surface area contributed by atoms with Crippen molar-refractivity contribution in [2.75, 3.05) is 18.0 Å². The minimum atomic E-state index is -2.45. The van der Waals surface area contributed by atoms with Crippen molar-refractivity contribution in [1.29, 1.82) is 0 Å². The van der Waals surface area contributed by atoms with Crippen LogP contribution in [-0.2, 0) is 12.5 Å². The average Bonchev–Trinajstić information content (AvgIpc) is 3.55. The van der Waals surface area contributed by atoms with Gasteiger partial charge in [-0.15, -0.1) is 0 Å². The smallest absolute Gasteiger partial charge is 0.268 e. The molecule has 0 spiro atoms. The van der Waals surface area contributed by atoms with Crippen molar-refractivity contribution < 1.29 is 8.91 Å². The Bertz CT molecular complexity index is 1720. The summed E-state index contributed by atoms with van der Waals surface area (Å²) in [5.41, 5.74) is 14.6. The minimum absolute atomic E-state index is 0.000690. The molecular formula is C25H24ClN9O. The van der Waals surface area contributed by atoms with Gasteiger partial charge in [0.25, 0.3) is 5.91 Å². The van der Waals surface area contributed by atoms with Crippen molar-refractivity contribution in [1.82, 2.24) is 29.9 Å². The van der Waals surface area contributed by atoms with Gasteiger partial charge in [0.05, 0.1) is 21.6 Å². The van der Waals surface area contributed by atoms with Crippen molar-refractivity contribution in [3.63, 3.8) is 0 Å². The number of carbonyl (C=O) groups is 1. The number of halogens is 1. The highest BCUT2D eigenvalue weighted by Gasteiger charge is 2.34. The van der Waals surface area contributed by atoms with Gasteiger partial charge in [-0.2, -0.15) is 15.2 Å². The Balaban J connectivity index is 1.38. The predicted molar refractivity (Wildman–Crippen MR) is 139 cm³/mol. The number of aromatic nitrogens is 6. The zero-order valence-corrected chi connectivity index (χ0v) is 19.8. The number of nitrogens with one attached hydrogen (secondary N) is 1. The van der Waals surface area contributed by atoms with Crippen LogP contribution in [-0.4, -0.2) is 48.9 Å². The fourth-order valence-electron chi connectivity index (χ4n) is 4.85. The molecule has 0 unspecified atom stereocenters. The molecule has 0 radical (unpaired) electrons. The highest BCUT2D eigenvalue weighted by Crippen LogP contribution is 2.38. The molecule has 5 N–H and O–H groups in total. The van der Waals surface area contributed by atoms with Crippen molar-refractivity contribution in [3.8, 4) is 11.3 Å². The number of nitrogens with two attached hydrogens (primary N) is 2. The number of primary amides is 1. The number of rotatable bonds is 4. The van der Waals surface area contributed by atoms with Gasteiger partial charge in [-0.3, -0.25) is 14.6 Å². The second-order valence-electron chi connectivity index (χ2n) is 8.98. The second-order valence-corrected chi connectivity index (χ2v) is 9.35. The number of piperidine rings is 1. The van der Waals surface area contributed by atoms with Crippen molar-refractivity contribution >= 4 is 45.4 Å². The first kappa shape index (κ1) is 19.2. The Labute approximate surface area is 215 Å². The fourth-order valence-corrected chi connectivity index (χ4v) is 5.15. The number of benzene rings is 2. The molecule has 36 heavy (non-hydrogen) atoms. The number of nitrogens with zero attached hydrogens (tertiary/aromatic N) is 6. The Hall–Kier alpha value is -4.02. The molecule has 1 aliphatic heterocycles. The summed E-state index contributed by atoms with van der Waals surface area (Å²) < 4.78 is 23.7. The SMILES string of the molecule is [2H]C([2H])([2H])n1cc2c(Cl)c(-c3[nH]nc4nc(N5CCC(N)(c6ccccc6)CC5)nc(C(N)=O)c34)ccc2n1. The Morgan fingerprint density at radius 2 is 1.94 bits per heavy atom. The molecule has 10 nitrogen and oxygen atoms in total. The highest BCUT2D eigenvalue weighted by atomic mass is 35.5. The molecule has 0 aliphatic carbocycles. The van der Waals surface area contributed by atoms with Gasteiger partial charge >= 0.3 is 0 Å². The number of hydrogen-bond donors (Lipinski definition) is 3. The number of hydrogen-bond acceptors (Lipinski definition) is 7. The summed E-state index contributed by atoms with van der Waals surface area (Å²) in [4.78, 5) is 23.7. The number of fused-ring (bicyclic) bond motifs is 2. The molecule has 2 aromatic carbocycles. The van der Waals surface area contributed by atoms with E-state index in [1.165, 1.54) is 6.20 Å². The van der Waals surface area contributed by atoms with Gasteiger partial charge in [0.15, 0.2) is 5.65 Å². The summed E-state index contributed by atoms with van der Waals surface area (Å²) in [6, 6.07) is 13.3. The predicted octanol–water partition coefficient (Wildman–Crippen LogP) is 3.11. The first-order valence-corrected chi connectivity index (χ1v) is 11.8. The van der Waals surface area contributed by atoms with E-state index < -0.39 is 18.4 Å². The zero-order valence-electron chi connectivity index (χ0n) is 22.1. The summed E-state index contributed by atoms with van der Waals surface area (Å²) in [5, 5.41) is 12.3. The van der Waals surface area contributed by atoms with Crippen LogP contribution in [0.25, 0.3) is 33.2 Å². The number of amides is 1. The maximum Gasteiger partial charge on any atom is 0.268 e. The molecule has 1 amide bonds. The minimum Gasteiger partial charge on any atom is -0.364 e.